The fourth-order valence-corrected chi connectivity index (χ4v) is 6.02. The lowest BCUT2D eigenvalue weighted by Gasteiger charge is -2.23. The molecule has 0 saturated heterocycles. The molecule has 0 aromatic heterocycles. The fraction of sp³-hybridized carbons (Fsp3) is 0.406. The summed E-state index contributed by atoms with van der Waals surface area (Å²) in [5.74, 6) is 1.40. The van der Waals surface area contributed by atoms with Crippen molar-refractivity contribution in [2.24, 2.45) is 11.8 Å². The molecule has 3 aromatic rings. The zero-order valence-corrected chi connectivity index (χ0v) is 22.5. The molecule has 194 valence electrons. The van der Waals surface area contributed by atoms with Crippen molar-refractivity contribution in [1.82, 2.24) is 0 Å². The summed E-state index contributed by atoms with van der Waals surface area (Å²) in [6.07, 6.45) is 4.49. The van der Waals surface area contributed by atoms with Gasteiger partial charge in [-0.25, -0.2) is 4.79 Å². The molecule has 0 radical (unpaired) electrons. The molecule has 2 bridgehead atoms. The Morgan fingerprint density at radius 2 is 1.41 bits per heavy atom. The second-order valence-electron chi connectivity index (χ2n) is 10.9. The highest BCUT2D eigenvalue weighted by atomic mass is 16.6. The van der Waals surface area contributed by atoms with Crippen LogP contribution < -0.4 is 15.1 Å². The Balaban J connectivity index is 1.35. The molecule has 4 atom stereocenters. The van der Waals surface area contributed by atoms with Crippen LogP contribution in [0.3, 0.4) is 0 Å². The molecular weight excluding hydrogens is 458 g/mol. The molecule has 0 spiro atoms. The molecule has 5 heteroatoms. The molecule has 4 unspecified atom stereocenters. The van der Waals surface area contributed by atoms with Crippen LogP contribution in [0.1, 0.15) is 55.2 Å². The second kappa shape index (κ2) is 10.9. The largest absolute Gasteiger partial charge is 0.446 e. The first-order valence-electron chi connectivity index (χ1n) is 13.6. The summed E-state index contributed by atoms with van der Waals surface area (Å²) < 4.78 is 5.78. The van der Waals surface area contributed by atoms with Gasteiger partial charge in [0.2, 0.25) is 0 Å². The fourth-order valence-electron chi connectivity index (χ4n) is 6.02. The number of rotatable bonds is 8. The first kappa shape index (κ1) is 25.2. The highest BCUT2D eigenvalue weighted by molar-refractivity contribution is 5.84. The van der Waals surface area contributed by atoms with E-state index < -0.39 is 0 Å². The number of ether oxygens (including phenoxy) is 1. The number of amides is 1. The van der Waals surface area contributed by atoms with Gasteiger partial charge in [-0.15, -0.1) is 0 Å². The number of carbonyl (C=O) groups is 1. The van der Waals surface area contributed by atoms with Gasteiger partial charge in [0.05, 0.1) is 0 Å². The van der Waals surface area contributed by atoms with Gasteiger partial charge in [0.15, 0.2) is 0 Å². The maximum absolute atomic E-state index is 12.6. The van der Waals surface area contributed by atoms with Crippen LogP contribution in [0.5, 0.6) is 0 Å². The van der Waals surface area contributed by atoms with Crippen LogP contribution in [0.15, 0.2) is 72.8 Å². The molecule has 2 fully saturated rings. The normalized spacial score (nSPS) is 20.9. The third kappa shape index (κ3) is 5.61. The Morgan fingerprint density at radius 1 is 0.838 bits per heavy atom. The summed E-state index contributed by atoms with van der Waals surface area (Å²) in [6.45, 7) is 3.12. The van der Waals surface area contributed by atoms with Crippen molar-refractivity contribution in [3.63, 3.8) is 0 Å². The zero-order chi connectivity index (χ0) is 25.9. The predicted octanol–water partition coefficient (Wildman–Crippen LogP) is 7.13. The van der Waals surface area contributed by atoms with Gasteiger partial charge >= 0.3 is 6.09 Å². The van der Waals surface area contributed by atoms with E-state index in [1.54, 1.807) is 0 Å². The van der Waals surface area contributed by atoms with Crippen LogP contribution in [0.4, 0.5) is 21.9 Å². The van der Waals surface area contributed by atoms with Crippen LogP contribution in [0, 0.1) is 11.8 Å². The Morgan fingerprint density at radius 3 is 1.89 bits per heavy atom. The third-order valence-electron chi connectivity index (χ3n) is 8.31. The van der Waals surface area contributed by atoms with Gasteiger partial charge in [-0.05, 0) is 97.5 Å². The van der Waals surface area contributed by atoms with Gasteiger partial charge in [-0.1, -0.05) is 36.4 Å². The quantitative estimate of drug-likeness (QED) is 0.336. The van der Waals surface area contributed by atoms with Crippen molar-refractivity contribution in [2.75, 3.05) is 42.8 Å². The van der Waals surface area contributed by atoms with Gasteiger partial charge in [0.1, 0.15) is 6.10 Å². The molecule has 2 aliphatic rings. The highest BCUT2D eigenvalue weighted by Gasteiger charge is 2.41. The van der Waals surface area contributed by atoms with Crippen molar-refractivity contribution in [3.05, 3.63) is 89.5 Å². The molecule has 3 aromatic carbocycles. The van der Waals surface area contributed by atoms with Crippen molar-refractivity contribution in [3.8, 4) is 0 Å². The third-order valence-corrected chi connectivity index (χ3v) is 8.31. The van der Waals surface area contributed by atoms with Crippen molar-refractivity contribution < 1.29 is 9.53 Å². The number of fused-ring (bicyclic) bond motifs is 2. The molecule has 0 aliphatic heterocycles. The van der Waals surface area contributed by atoms with E-state index in [2.05, 4.69) is 104 Å². The number of carbonyl (C=O) groups excluding carboxylic acids is 1. The van der Waals surface area contributed by atoms with E-state index in [9.17, 15) is 4.79 Å². The molecule has 1 amide bonds. The molecule has 0 heterocycles. The van der Waals surface area contributed by atoms with E-state index in [0.29, 0.717) is 5.92 Å². The van der Waals surface area contributed by atoms with Crippen molar-refractivity contribution in [1.29, 1.82) is 0 Å². The second-order valence-corrected chi connectivity index (χ2v) is 10.9. The monoisotopic (exact) mass is 497 g/mol. The number of anilines is 3. The van der Waals surface area contributed by atoms with Crippen molar-refractivity contribution >= 4 is 23.2 Å². The number of nitrogens with one attached hydrogen (secondary N) is 1. The van der Waals surface area contributed by atoms with Gasteiger partial charge in [0.25, 0.3) is 0 Å². The predicted molar refractivity (Wildman–Crippen MR) is 153 cm³/mol. The van der Waals surface area contributed by atoms with Gasteiger partial charge in [-0.3, -0.25) is 5.32 Å². The lowest BCUT2D eigenvalue weighted by Crippen LogP contribution is -2.26. The van der Waals surface area contributed by atoms with E-state index in [-0.39, 0.29) is 18.1 Å². The number of benzene rings is 3. The average molecular weight is 498 g/mol. The van der Waals surface area contributed by atoms with E-state index in [0.717, 1.165) is 24.6 Å². The highest BCUT2D eigenvalue weighted by Crippen LogP contribution is 2.46. The molecule has 5 rings (SSSR count). The van der Waals surface area contributed by atoms with Crippen LogP contribution in [0.2, 0.25) is 0 Å². The Kier molecular flexibility index (Phi) is 7.40. The van der Waals surface area contributed by atoms with E-state index >= 15 is 0 Å². The van der Waals surface area contributed by atoms with Crippen LogP contribution in [-0.4, -0.2) is 39.9 Å². The average Bonchev–Trinajstić information content (AvgIpc) is 3.53. The molecular formula is C32H39N3O2. The Bertz CT molecular complexity index is 1190. The molecule has 2 saturated carbocycles. The molecule has 1 N–H and O–H groups in total. The number of hydrogen-bond acceptors (Lipinski definition) is 4. The number of nitrogens with zero attached hydrogens (tertiary/aromatic N) is 2. The number of hydrogen-bond donors (Lipinski definition) is 1. The maximum atomic E-state index is 12.6. The van der Waals surface area contributed by atoms with Gasteiger partial charge in [-0.2, -0.15) is 0 Å². The van der Waals surface area contributed by atoms with E-state index in [1.165, 1.54) is 47.3 Å². The summed E-state index contributed by atoms with van der Waals surface area (Å²) in [5.41, 5.74) is 6.80. The van der Waals surface area contributed by atoms with E-state index in [1.807, 2.05) is 12.1 Å². The van der Waals surface area contributed by atoms with Gasteiger partial charge < -0.3 is 14.5 Å². The summed E-state index contributed by atoms with van der Waals surface area (Å²) in [4.78, 5) is 16.9. The van der Waals surface area contributed by atoms with Gasteiger partial charge in [0, 0.05) is 50.7 Å². The molecule has 2 aliphatic carbocycles. The smallest absolute Gasteiger partial charge is 0.411 e. The Hall–Kier alpha value is -3.47. The Labute approximate surface area is 221 Å². The summed E-state index contributed by atoms with van der Waals surface area (Å²) in [5, 5.41) is 2.95. The topological polar surface area (TPSA) is 44.8 Å². The minimum atomic E-state index is -0.336. The van der Waals surface area contributed by atoms with Crippen LogP contribution in [0.25, 0.3) is 0 Å². The summed E-state index contributed by atoms with van der Waals surface area (Å²) in [6, 6.07) is 25.8. The van der Waals surface area contributed by atoms with Crippen molar-refractivity contribution in [2.45, 2.75) is 44.6 Å². The van der Waals surface area contributed by atoms with Crippen LogP contribution in [-0.2, 0) is 4.74 Å². The maximum Gasteiger partial charge on any atom is 0.411 e. The zero-order valence-electron chi connectivity index (χ0n) is 22.5. The summed E-state index contributed by atoms with van der Waals surface area (Å²) in [7, 11) is 6.23. The standard InChI is InChI=1S/C32H39N3O2/c1-5-35(4)29-18-12-25(13-19-29)31(24-10-16-28(17-11-24)34(2)3)23-8-14-27(15-9-23)33-32(36)37-30-21-22-6-7-26(30)20-22/h8-19,22,26,30-31H,5-7,20-21H2,1-4H3,(H,33,36). The minimum Gasteiger partial charge on any atom is -0.446 e. The lowest BCUT2D eigenvalue weighted by atomic mass is 9.85. The minimum absolute atomic E-state index is 0.0854. The first-order chi connectivity index (χ1) is 17.9. The first-order valence-corrected chi connectivity index (χ1v) is 13.6. The molecule has 5 nitrogen and oxygen atoms in total. The lowest BCUT2D eigenvalue weighted by molar-refractivity contribution is 0.0755. The van der Waals surface area contributed by atoms with E-state index in [4.69, 9.17) is 4.74 Å². The SMILES string of the molecule is CCN(C)c1ccc(C(c2ccc(NC(=O)OC3CC4CCC3C4)cc2)c2ccc(N(C)C)cc2)cc1. The van der Waals surface area contributed by atoms with Crippen LogP contribution >= 0.6 is 0 Å². The summed E-state index contributed by atoms with van der Waals surface area (Å²) >= 11 is 0. The molecule has 37 heavy (non-hydrogen) atoms.